The Hall–Kier alpha value is -2.38. The van der Waals surface area contributed by atoms with Crippen molar-refractivity contribution in [1.82, 2.24) is 24.8 Å². The fourth-order valence-corrected chi connectivity index (χ4v) is 3.68. The van der Waals surface area contributed by atoms with Gasteiger partial charge in [-0.1, -0.05) is 13.8 Å². The lowest BCUT2D eigenvalue weighted by atomic mass is 9.91. The summed E-state index contributed by atoms with van der Waals surface area (Å²) in [5.41, 5.74) is -0.311. The second-order valence-corrected chi connectivity index (χ2v) is 7.49. The monoisotopic (exact) mass is 345 g/mol. The number of hydrogen-bond acceptors (Lipinski definition) is 5. The Morgan fingerprint density at radius 3 is 2.68 bits per heavy atom. The van der Waals surface area contributed by atoms with Gasteiger partial charge in [-0.2, -0.15) is 9.84 Å². The molecule has 0 bridgehead atoms. The maximum Gasteiger partial charge on any atom is 0.292 e. The van der Waals surface area contributed by atoms with Gasteiger partial charge in [-0.25, -0.2) is 4.98 Å². The number of amides is 1. The molecule has 0 unspecified atom stereocenters. The zero-order valence-corrected chi connectivity index (χ0v) is 14.7. The van der Waals surface area contributed by atoms with Gasteiger partial charge in [0.15, 0.2) is 5.82 Å². The van der Waals surface area contributed by atoms with Crippen molar-refractivity contribution in [3.8, 4) is 0 Å². The number of hydrogen-bond donors (Lipinski definition) is 1. The molecule has 2 aromatic rings. The summed E-state index contributed by atoms with van der Waals surface area (Å²) in [5, 5.41) is 7.39. The van der Waals surface area contributed by atoms with Crippen LogP contribution in [-0.2, 0) is 7.05 Å². The lowest BCUT2D eigenvalue weighted by Gasteiger charge is -2.14. The summed E-state index contributed by atoms with van der Waals surface area (Å²) in [4.78, 5) is 30.7. The van der Waals surface area contributed by atoms with Crippen molar-refractivity contribution in [3.05, 3.63) is 33.8 Å². The standard InChI is InChI=1S/C17H23N5O3/c1-9(2)15-18-16(20-19-15)12-8-22(7-11(12)10-4-5-10)17(24)13-6-14(23)21(3)25-13/h6,9-12H,4-5,7-8H2,1-3H3,(H,18,19,20)/t11-,12+/m1/s1. The van der Waals surface area contributed by atoms with Crippen LogP contribution < -0.4 is 5.56 Å². The molecule has 25 heavy (non-hydrogen) atoms. The number of nitrogens with zero attached hydrogens (tertiary/aromatic N) is 4. The van der Waals surface area contributed by atoms with Gasteiger partial charge < -0.3 is 9.42 Å². The smallest absolute Gasteiger partial charge is 0.292 e. The average molecular weight is 345 g/mol. The van der Waals surface area contributed by atoms with E-state index in [9.17, 15) is 9.59 Å². The van der Waals surface area contributed by atoms with E-state index in [0.717, 1.165) is 16.4 Å². The van der Waals surface area contributed by atoms with Crippen LogP contribution >= 0.6 is 0 Å². The summed E-state index contributed by atoms with van der Waals surface area (Å²) >= 11 is 0. The third-order valence-electron chi connectivity index (χ3n) is 5.28. The fraction of sp³-hybridized carbons (Fsp3) is 0.647. The van der Waals surface area contributed by atoms with Gasteiger partial charge in [0, 0.05) is 32.0 Å². The summed E-state index contributed by atoms with van der Waals surface area (Å²) in [6, 6.07) is 1.26. The summed E-state index contributed by atoms with van der Waals surface area (Å²) in [6.45, 7) is 5.37. The third kappa shape index (κ3) is 2.89. The number of nitrogens with one attached hydrogen (secondary N) is 1. The van der Waals surface area contributed by atoms with Gasteiger partial charge in [0.1, 0.15) is 5.82 Å². The lowest BCUT2D eigenvalue weighted by molar-refractivity contribution is 0.0730. The highest BCUT2D eigenvalue weighted by molar-refractivity contribution is 5.91. The lowest BCUT2D eigenvalue weighted by Crippen LogP contribution is -2.29. The van der Waals surface area contributed by atoms with Crippen molar-refractivity contribution < 1.29 is 9.32 Å². The molecule has 1 saturated heterocycles. The molecule has 4 rings (SSSR count). The Morgan fingerprint density at radius 2 is 2.12 bits per heavy atom. The van der Waals surface area contributed by atoms with Crippen LogP contribution in [0.5, 0.6) is 0 Å². The van der Waals surface area contributed by atoms with Gasteiger partial charge in [-0.3, -0.25) is 14.7 Å². The minimum Gasteiger partial charge on any atom is -0.371 e. The van der Waals surface area contributed by atoms with E-state index >= 15 is 0 Å². The van der Waals surface area contributed by atoms with Crippen LogP contribution in [-0.4, -0.2) is 43.8 Å². The molecule has 1 aliphatic carbocycles. The van der Waals surface area contributed by atoms with E-state index in [1.165, 1.54) is 26.0 Å². The number of aryl methyl sites for hydroxylation is 1. The predicted octanol–water partition coefficient (Wildman–Crippen LogP) is 1.49. The summed E-state index contributed by atoms with van der Waals surface area (Å²) in [5.74, 6) is 2.99. The second-order valence-electron chi connectivity index (χ2n) is 7.49. The first kappa shape index (κ1) is 16.1. The highest BCUT2D eigenvalue weighted by Gasteiger charge is 2.46. The van der Waals surface area contributed by atoms with Crippen LogP contribution in [0.4, 0.5) is 0 Å². The Kier molecular flexibility index (Phi) is 3.77. The highest BCUT2D eigenvalue weighted by atomic mass is 16.5. The minimum atomic E-state index is -0.311. The summed E-state index contributed by atoms with van der Waals surface area (Å²) in [7, 11) is 1.50. The number of carbonyl (C=O) groups excluding carboxylic acids is 1. The SMILES string of the molecule is CC(C)c1n[nH]c([C@H]2CN(C(=O)c3cc(=O)n(C)o3)C[C@@H]2C2CC2)n1. The third-order valence-corrected chi connectivity index (χ3v) is 5.28. The molecule has 134 valence electrons. The van der Waals surface area contributed by atoms with Crippen LogP contribution in [0, 0.1) is 11.8 Å². The Bertz CT molecular complexity index is 845. The van der Waals surface area contributed by atoms with E-state index < -0.39 is 0 Å². The van der Waals surface area contributed by atoms with Crippen LogP contribution in [0.3, 0.4) is 0 Å². The molecule has 2 fully saturated rings. The Labute approximate surface area is 145 Å². The van der Waals surface area contributed by atoms with E-state index in [4.69, 9.17) is 4.52 Å². The second kappa shape index (κ2) is 5.86. The zero-order valence-electron chi connectivity index (χ0n) is 14.7. The number of carbonyl (C=O) groups is 1. The molecular weight excluding hydrogens is 322 g/mol. The molecule has 1 N–H and O–H groups in total. The molecule has 2 aliphatic rings. The minimum absolute atomic E-state index is 0.100. The maximum atomic E-state index is 12.7. The molecule has 1 aliphatic heterocycles. The molecule has 2 atom stereocenters. The first-order chi connectivity index (χ1) is 11.9. The van der Waals surface area contributed by atoms with E-state index in [2.05, 4.69) is 29.0 Å². The number of aromatic amines is 1. The summed E-state index contributed by atoms with van der Waals surface area (Å²) < 4.78 is 6.33. The summed E-state index contributed by atoms with van der Waals surface area (Å²) in [6.07, 6.45) is 2.41. The first-order valence-corrected chi connectivity index (χ1v) is 8.83. The Morgan fingerprint density at radius 1 is 1.36 bits per heavy atom. The highest BCUT2D eigenvalue weighted by Crippen LogP contribution is 2.47. The first-order valence-electron chi connectivity index (χ1n) is 8.83. The quantitative estimate of drug-likeness (QED) is 0.905. The van der Waals surface area contributed by atoms with Crippen molar-refractivity contribution in [2.24, 2.45) is 18.9 Å². The molecule has 8 nitrogen and oxygen atoms in total. The van der Waals surface area contributed by atoms with Gasteiger partial charge in [0.2, 0.25) is 5.76 Å². The number of rotatable bonds is 4. The normalized spacial score (nSPS) is 23.6. The van der Waals surface area contributed by atoms with Crippen LogP contribution in [0.1, 0.15) is 60.7 Å². The van der Waals surface area contributed by atoms with Crippen molar-refractivity contribution in [3.63, 3.8) is 0 Å². The molecule has 1 amide bonds. The molecule has 0 spiro atoms. The zero-order chi connectivity index (χ0) is 17.7. The van der Waals surface area contributed by atoms with Gasteiger partial charge in [0.05, 0.1) is 6.07 Å². The fourth-order valence-electron chi connectivity index (χ4n) is 3.68. The van der Waals surface area contributed by atoms with Crippen molar-refractivity contribution in [1.29, 1.82) is 0 Å². The molecule has 0 aromatic carbocycles. The molecule has 1 saturated carbocycles. The topological polar surface area (TPSA) is 97.0 Å². The molecule has 2 aromatic heterocycles. The van der Waals surface area contributed by atoms with Crippen LogP contribution in [0.15, 0.2) is 15.4 Å². The molecular formula is C17H23N5O3. The average Bonchev–Trinajstić information content (AvgIpc) is 3.00. The molecule has 3 heterocycles. The number of aromatic nitrogens is 4. The van der Waals surface area contributed by atoms with Crippen LogP contribution in [0.2, 0.25) is 0 Å². The number of H-pyrrole nitrogens is 1. The molecule has 8 heteroatoms. The van der Waals surface area contributed by atoms with E-state index in [1.54, 1.807) is 4.90 Å². The van der Waals surface area contributed by atoms with Gasteiger partial charge >= 0.3 is 0 Å². The van der Waals surface area contributed by atoms with E-state index in [1.807, 2.05) is 0 Å². The van der Waals surface area contributed by atoms with Crippen molar-refractivity contribution in [2.75, 3.05) is 13.1 Å². The van der Waals surface area contributed by atoms with E-state index in [0.29, 0.717) is 24.9 Å². The van der Waals surface area contributed by atoms with E-state index in [-0.39, 0.29) is 29.1 Å². The molecule has 0 radical (unpaired) electrons. The van der Waals surface area contributed by atoms with Gasteiger partial charge in [-0.05, 0) is 24.7 Å². The Balaban J connectivity index is 1.57. The van der Waals surface area contributed by atoms with Gasteiger partial charge in [0.25, 0.3) is 11.5 Å². The van der Waals surface area contributed by atoms with Crippen LogP contribution in [0.25, 0.3) is 0 Å². The van der Waals surface area contributed by atoms with Crippen molar-refractivity contribution in [2.45, 2.75) is 38.5 Å². The van der Waals surface area contributed by atoms with Gasteiger partial charge in [-0.15, -0.1) is 0 Å². The number of likely N-dealkylation sites (tertiary alicyclic amines) is 1. The van der Waals surface area contributed by atoms with Crippen molar-refractivity contribution >= 4 is 5.91 Å². The predicted molar refractivity (Wildman–Crippen MR) is 89.3 cm³/mol. The maximum absolute atomic E-state index is 12.7. The largest absolute Gasteiger partial charge is 0.371 e.